The van der Waals surface area contributed by atoms with Crippen LogP contribution in [0.4, 0.5) is 10.5 Å². The maximum absolute atomic E-state index is 13.6. The van der Waals surface area contributed by atoms with E-state index in [1.165, 1.54) is 18.2 Å². The van der Waals surface area contributed by atoms with Crippen molar-refractivity contribution >= 4 is 52.9 Å². The molecule has 320 valence electrons. The van der Waals surface area contributed by atoms with Gasteiger partial charge in [-0.2, -0.15) is 0 Å². The summed E-state index contributed by atoms with van der Waals surface area (Å²) < 4.78 is 21.1. The number of hydrogen-bond donors (Lipinski definition) is 7. The van der Waals surface area contributed by atoms with E-state index < -0.39 is 66.5 Å². The van der Waals surface area contributed by atoms with Crippen LogP contribution >= 0.6 is 0 Å². The Hall–Kier alpha value is -5.70. The number of nitrogens with one attached hydrogen (secondary N) is 5. The van der Waals surface area contributed by atoms with Crippen molar-refractivity contribution in [3.63, 3.8) is 0 Å². The summed E-state index contributed by atoms with van der Waals surface area (Å²) in [5.74, 6) is -4.21. The molecule has 0 saturated carbocycles. The molecular formula is C38H55N7O13. The molecule has 0 spiro atoms. The van der Waals surface area contributed by atoms with Gasteiger partial charge >= 0.3 is 6.03 Å². The first-order valence-corrected chi connectivity index (χ1v) is 18.6. The number of ketones is 1. The van der Waals surface area contributed by atoms with Crippen molar-refractivity contribution in [1.82, 2.24) is 26.2 Å². The number of carbonyl (C=O) groups is 8. The van der Waals surface area contributed by atoms with E-state index in [4.69, 9.17) is 24.7 Å². The van der Waals surface area contributed by atoms with Gasteiger partial charge in [0.15, 0.2) is 12.4 Å². The zero-order chi connectivity index (χ0) is 42.9. The highest BCUT2D eigenvalue weighted by molar-refractivity contribution is 6.13. The van der Waals surface area contributed by atoms with Gasteiger partial charge in [0.25, 0.3) is 17.7 Å². The number of nitrogens with two attached hydrogens (primary N) is 1. The number of rotatable bonds is 30. The third kappa shape index (κ3) is 19.0. The minimum atomic E-state index is -1.11. The Morgan fingerprint density at radius 3 is 2.17 bits per heavy atom. The van der Waals surface area contributed by atoms with Crippen molar-refractivity contribution in [3.05, 3.63) is 48.1 Å². The number of ether oxygens (including phenoxy) is 4. The third-order valence-corrected chi connectivity index (χ3v) is 8.33. The van der Waals surface area contributed by atoms with Crippen LogP contribution in [0.5, 0.6) is 5.75 Å². The molecular weight excluding hydrogens is 762 g/mol. The van der Waals surface area contributed by atoms with Crippen LogP contribution in [0.1, 0.15) is 44.6 Å². The summed E-state index contributed by atoms with van der Waals surface area (Å²) in [5.41, 5.74) is 6.07. The number of carbonyl (C=O) groups excluding carboxylic acids is 8. The Morgan fingerprint density at radius 2 is 1.52 bits per heavy atom. The molecule has 1 aliphatic heterocycles. The molecule has 0 unspecified atom stereocenters. The predicted molar refractivity (Wildman–Crippen MR) is 208 cm³/mol. The maximum Gasteiger partial charge on any atom is 0.312 e. The molecule has 20 heteroatoms. The number of hydrogen-bond acceptors (Lipinski definition) is 13. The third-order valence-electron chi connectivity index (χ3n) is 8.33. The Morgan fingerprint density at radius 1 is 0.862 bits per heavy atom. The highest BCUT2D eigenvalue weighted by atomic mass is 16.5. The van der Waals surface area contributed by atoms with Gasteiger partial charge in [0, 0.05) is 81.5 Å². The normalized spacial score (nSPS) is 13.1. The molecule has 1 heterocycles. The predicted octanol–water partition coefficient (Wildman–Crippen LogP) is -0.802. The van der Waals surface area contributed by atoms with E-state index in [0.29, 0.717) is 37.2 Å². The molecule has 58 heavy (non-hydrogen) atoms. The Bertz CT molecular complexity index is 1620. The average molecular weight is 818 g/mol. The molecule has 1 aliphatic rings. The molecule has 0 radical (unpaired) electrons. The highest BCUT2D eigenvalue weighted by Gasteiger charge is 2.29. The number of aliphatic hydroxyl groups is 1. The van der Waals surface area contributed by atoms with E-state index in [1.54, 1.807) is 14.0 Å². The zero-order valence-corrected chi connectivity index (χ0v) is 32.9. The lowest BCUT2D eigenvalue weighted by atomic mass is 9.91. The summed E-state index contributed by atoms with van der Waals surface area (Å²) in [6.07, 6.45) is 2.75. The number of imide groups is 1. The van der Waals surface area contributed by atoms with Crippen LogP contribution < -0.4 is 37.1 Å². The minimum Gasteiger partial charge on any atom is -0.483 e. The summed E-state index contributed by atoms with van der Waals surface area (Å²) in [5, 5.41) is 22.9. The first-order chi connectivity index (χ1) is 27.7. The van der Waals surface area contributed by atoms with Crippen LogP contribution in [0.3, 0.4) is 0 Å². The van der Waals surface area contributed by atoms with Crippen molar-refractivity contribution < 1.29 is 62.4 Å². The molecule has 2 atom stereocenters. The monoisotopic (exact) mass is 817 g/mol. The number of aliphatic hydroxyl groups excluding tert-OH is 1. The van der Waals surface area contributed by atoms with Crippen LogP contribution in [0, 0.1) is 5.92 Å². The topological polar surface area (TPSA) is 283 Å². The van der Waals surface area contributed by atoms with E-state index >= 15 is 0 Å². The minimum absolute atomic E-state index is 0.0383. The number of Topliss-reactive ketones (excluding diaryl/α,β-unsaturated/α-hetero) is 1. The summed E-state index contributed by atoms with van der Waals surface area (Å²) in [6.45, 7) is 5.89. The average Bonchev–Trinajstić information content (AvgIpc) is 3.51. The SMILES string of the molecule is C=C(C)[C@H](NC(=O)COCCOCCOC)C(=O)C[C@@H](CCCNC(N)=O)C(=O)Nc1ccc(CO)c(OCC(=O)NCCCNC(=O)CCN2C(=O)C=CC2=O)c1. The first-order valence-electron chi connectivity index (χ1n) is 18.6. The van der Waals surface area contributed by atoms with Crippen LogP contribution in [-0.2, 0) is 54.4 Å². The van der Waals surface area contributed by atoms with Crippen molar-refractivity contribution in [2.75, 3.05) is 78.2 Å². The van der Waals surface area contributed by atoms with Gasteiger partial charge in [0.05, 0.1) is 33.0 Å². The van der Waals surface area contributed by atoms with Crippen molar-refractivity contribution in [2.45, 2.75) is 51.7 Å². The molecule has 0 bridgehead atoms. The van der Waals surface area contributed by atoms with Gasteiger partial charge in [-0.1, -0.05) is 18.2 Å². The fraction of sp³-hybridized carbons (Fsp3) is 0.526. The van der Waals surface area contributed by atoms with Gasteiger partial charge in [-0.3, -0.25) is 38.5 Å². The van der Waals surface area contributed by atoms with Crippen molar-refractivity contribution in [1.29, 1.82) is 0 Å². The molecule has 1 aromatic rings. The molecule has 20 nitrogen and oxygen atoms in total. The number of primary amides is 1. The van der Waals surface area contributed by atoms with Crippen LogP contribution in [-0.4, -0.2) is 136 Å². The van der Waals surface area contributed by atoms with E-state index in [0.717, 1.165) is 17.1 Å². The molecule has 8 amide bonds. The number of nitrogens with zero attached hydrogens (tertiary/aromatic N) is 1. The quantitative estimate of drug-likeness (QED) is 0.0285. The number of amides is 8. The van der Waals surface area contributed by atoms with Gasteiger partial charge < -0.3 is 56.4 Å². The molecule has 8 N–H and O–H groups in total. The number of methoxy groups -OCH3 is 1. The fourth-order valence-corrected chi connectivity index (χ4v) is 5.29. The fourth-order valence-electron chi connectivity index (χ4n) is 5.29. The summed E-state index contributed by atoms with van der Waals surface area (Å²) >= 11 is 0. The summed E-state index contributed by atoms with van der Waals surface area (Å²) in [6, 6.07) is 2.57. The molecule has 2 rings (SSSR count). The van der Waals surface area contributed by atoms with E-state index in [2.05, 4.69) is 33.2 Å². The van der Waals surface area contributed by atoms with Crippen LogP contribution in [0.25, 0.3) is 0 Å². The zero-order valence-electron chi connectivity index (χ0n) is 32.9. The Balaban J connectivity index is 1.93. The first kappa shape index (κ1) is 48.4. The molecule has 0 aliphatic carbocycles. The van der Waals surface area contributed by atoms with Crippen LogP contribution in [0.2, 0.25) is 0 Å². The smallest absolute Gasteiger partial charge is 0.312 e. The molecule has 0 saturated heterocycles. The highest BCUT2D eigenvalue weighted by Crippen LogP contribution is 2.25. The summed E-state index contributed by atoms with van der Waals surface area (Å²) in [4.78, 5) is 99.5. The number of anilines is 1. The van der Waals surface area contributed by atoms with Crippen LogP contribution in [0.15, 0.2) is 42.5 Å². The van der Waals surface area contributed by atoms with Gasteiger partial charge in [-0.05, 0) is 32.3 Å². The Kier molecular flexibility index (Phi) is 22.6. The molecule has 1 aromatic carbocycles. The molecule has 0 aromatic heterocycles. The number of benzene rings is 1. The second-order valence-electron chi connectivity index (χ2n) is 13.0. The molecule has 0 fully saturated rings. The maximum atomic E-state index is 13.6. The van der Waals surface area contributed by atoms with Crippen molar-refractivity contribution in [2.24, 2.45) is 11.7 Å². The number of urea groups is 1. The van der Waals surface area contributed by atoms with E-state index in [1.807, 2.05) is 0 Å². The lowest BCUT2D eigenvalue weighted by Crippen LogP contribution is -2.44. The van der Waals surface area contributed by atoms with E-state index in [9.17, 15) is 43.5 Å². The van der Waals surface area contributed by atoms with E-state index in [-0.39, 0.29) is 82.6 Å². The standard InChI is InChI=1S/C38H55N7O13/c1-25(2)36(44-33(50)23-57-19-18-56-17-16-55-3)29(47)20-26(6-4-12-42-38(39)54)37(53)43-28-8-7-27(22-46)30(21-28)58-24-32(49)41-14-5-13-40-31(48)11-15-45-34(51)9-10-35(45)52/h7-10,21,26,36,46H,1,4-6,11-20,22-24H2,2-3H3,(H,40,48)(H,41,49)(H,43,53)(H,44,50)(H3,39,42,54)/t26-,36+/m1/s1. The van der Waals surface area contributed by atoms with Gasteiger partial charge in [-0.25, -0.2) is 4.79 Å². The van der Waals surface area contributed by atoms with Crippen molar-refractivity contribution in [3.8, 4) is 5.75 Å². The summed E-state index contributed by atoms with van der Waals surface area (Å²) in [7, 11) is 1.55. The lowest BCUT2D eigenvalue weighted by molar-refractivity contribution is -0.137. The largest absolute Gasteiger partial charge is 0.483 e. The Labute approximate surface area is 336 Å². The van der Waals surface area contributed by atoms with Gasteiger partial charge in [0.1, 0.15) is 18.4 Å². The second kappa shape index (κ2) is 27.0. The second-order valence-corrected chi connectivity index (χ2v) is 13.0. The lowest BCUT2D eigenvalue weighted by Gasteiger charge is -2.22. The van der Waals surface area contributed by atoms with Gasteiger partial charge in [0.2, 0.25) is 17.7 Å². The van der Waals surface area contributed by atoms with Gasteiger partial charge in [-0.15, -0.1) is 0 Å².